The highest BCUT2D eigenvalue weighted by Crippen LogP contribution is 2.48. The van der Waals surface area contributed by atoms with Gasteiger partial charge < -0.3 is 4.90 Å². The highest BCUT2D eigenvalue weighted by atomic mass is 35.5. The Hall–Kier alpha value is -2.26. The summed E-state index contributed by atoms with van der Waals surface area (Å²) in [5.41, 5.74) is 9.52. The van der Waals surface area contributed by atoms with E-state index in [1.165, 1.54) is 45.1 Å². The van der Waals surface area contributed by atoms with E-state index in [0.717, 1.165) is 34.3 Å². The lowest BCUT2D eigenvalue weighted by Crippen LogP contribution is -2.26. The van der Waals surface area contributed by atoms with Crippen molar-refractivity contribution in [1.29, 1.82) is 0 Å². The minimum Gasteiger partial charge on any atom is -0.347 e. The van der Waals surface area contributed by atoms with Crippen molar-refractivity contribution in [3.05, 3.63) is 104 Å². The van der Waals surface area contributed by atoms with Gasteiger partial charge in [-0.25, -0.2) is 0 Å². The maximum Gasteiger partial charge on any atom is 0.209 e. The zero-order valence-electron chi connectivity index (χ0n) is 22.4. The van der Waals surface area contributed by atoms with Crippen molar-refractivity contribution in [3.63, 3.8) is 0 Å². The number of likely N-dealkylation sites (N-methyl/N-ethyl adjacent to an activating group) is 1. The molecule has 2 heterocycles. The number of fused-ring (bicyclic) bond motifs is 2. The van der Waals surface area contributed by atoms with Gasteiger partial charge in [0.25, 0.3) is 0 Å². The zero-order valence-corrected chi connectivity index (χ0v) is 24.7. The second kappa shape index (κ2) is 9.49. The maximum absolute atomic E-state index is 7.01. The third kappa shape index (κ3) is 4.42. The fourth-order valence-corrected chi connectivity index (χ4v) is 6.84. The summed E-state index contributed by atoms with van der Waals surface area (Å²) in [7, 11) is 4.25. The number of hydrogen-bond acceptors (Lipinski definition) is 1. The van der Waals surface area contributed by atoms with Crippen LogP contribution in [-0.2, 0) is 10.8 Å². The Bertz CT molecular complexity index is 1450. The van der Waals surface area contributed by atoms with Gasteiger partial charge in [0, 0.05) is 56.6 Å². The van der Waals surface area contributed by atoms with Crippen molar-refractivity contribution in [2.45, 2.75) is 57.8 Å². The Morgan fingerprint density at radius 1 is 0.838 bits per heavy atom. The average molecular weight is 553 g/mol. The van der Waals surface area contributed by atoms with Gasteiger partial charge in [-0.2, -0.15) is 4.58 Å². The molecule has 1 aliphatic carbocycles. The van der Waals surface area contributed by atoms with Crippen LogP contribution in [0.2, 0.25) is 10.0 Å². The summed E-state index contributed by atoms with van der Waals surface area (Å²) >= 11 is 19.7. The molecule has 5 heteroatoms. The summed E-state index contributed by atoms with van der Waals surface area (Å²) in [6.45, 7) is 9.02. The number of nitrogens with zero attached hydrogens (tertiary/aromatic N) is 2. The van der Waals surface area contributed by atoms with Crippen LogP contribution in [0.15, 0.2) is 82.6 Å². The standard InChI is InChI=1S/C32H34Cl3N2/c1-31(2)24-18-22(33)12-14-26(24)36(5)28(31)16-10-20-8-7-9-21(30(20)35)11-17-29-32(3,4)25-19-23(34)13-15-27(25)37(29)6/h10-19H,7-9H2,1-6H3/q+1. The van der Waals surface area contributed by atoms with Gasteiger partial charge in [-0.1, -0.05) is 60.8 Å². The molecular weight excluding hydrogens is 519 g/mol. The molecule has 3 aliphatic rings. The third-order valence-corrected chi connectivity index (χ3v) is 9.29. The predicted octanol–water partition coefficient (Wildman–Crippen LogP) is 9.47. The molecule has 0 saturated heterocycles. The van der Waals surface area contributed by atoms with Gasteiger partial charge >= 0.3 is 0 Å². The molecule has 2 aliphatic heterocycles. The molecule has 0 aromatic heterocycles. The van der Waals surface area contributed by atoms with Crippen molar-refractivity contribution < 1.29 is 4.58 Å². The molecule has 5 rings (SSSR count). The molecule has 0 unspecified atom stereocenters. The highest BCUT2D eigenvalue weighted by Gasteiger charge is 2.43. The monoisotopic (exact) mass is 551 g/mol. The van der Waals surface area contributed by atoms with E-state index < -0.39 is 0 Å². The van der Waals surface area contributed by atoms with E-state index in [0.29, 0.717) is 0 Å². The average Bonchev–Trinajstić information content (AvgIpc) is 3.15. The van der Waals surface area contributed by atoms with E-state index in [2.05, 4.69) is 99.8 Å². The van der Waals surface area contributed by atoms with Crippen LogP contribution in [0.25, 0.3) is 0 Å². The summed E-state index contributed by atoms with van der Waals surface area (Å²) < 4.78 is 2.27. The van der Waals surface area contributed by atoms with Crippen molar-refractivity contribution in [3.8, 4) is 0 Å². The second-order valence-corrected chi connectivity index (χ2v) is 12.6. The predicted molar refractivity (Wildman–Crippen MR) is 160 cm³/mol. The zero-order chi connectivity index (χ0) is 26.7. The molecule has 0 amide bonds. The smallest absolute Gasteiger partial charge is 0.209 e. The van der Waals surface area contributed by atoms with Gasteiger partial charge in [0.15, 0.2) is 5.71 Å². The molecule has 0 radical (unpaired) electrons. The molecule has 0 spiro atoms. The molecule has 0 saturated carbocycles. The van der Waals surface area contributed by atoms with Crippen molar-refractivity contribution in [1.82, 2.24) is 0 Å². The molecule has 0 fully saturated rings. The van der Waals surface area contributed by atoms with E-state index in [-0.39, 0.29) is 10.8 Å². The number of anilines is 1. The Balaban J connectivity index is 1.46. The largest absolute Gasteiger partial charge is 0.347 e. The van der Waals surface area contributed by atoms with Crippen LogP contribution in [0.5, 0.6) is 0 Å². The topological polar surface area (TPSA) is 6.25 Å². The number of rotatable bonds is 3. The SMILES string of the molecule is CN1C(=CC=C2CCCC(C=CC3=[N+](C)c4ccc(Cl)cc4C3(C)C)=C2Cl)C(C)(C)c2cc(Cl)ccc21. The van der Waals surface area contributed by atoms with Crippen molar-refractivity contribution in [2.24, 2.45) is 0 Å². The van der Waals surface area contributed by atoms with Crippen molar-refractivity contribution >= 4 is 51.9 Å². The van der Waals surface area contributed by atoms with E-state index in [4.69, 9.17) is 34.8 Å². The minimum absolute atomic E-state index is 0.132. The lowest BCUT2D eigenvalue weighted by Gasteiger charge is -2.24. The van der Waals surface area contributed by atoms with Gasteiger partial charge in [0.1, 0.15) is 7.05 Å². The van der Waals surface area contributed by atoms with E-state index in [1.807, 2.05) is 12.1 Å². The lowest BCUT2D eigenvalue weighted by molar-refractivity contribution is -0.401. The van der Waals surface area contributed by atoms with Crippen LogP contribution >= 0.6 is 34.8 Å². The molecule has 2 aromatic rings. The van der Waals surface area contributed by atoms with E-state index >= 15 is 0 Å². The normalized spacial score (nSPS) is 22.6. The highest BCUT2D eigenvalue weighted by molar-refractivity contribution is 6.33. The molecule has 2 aromatic carbocycles. The molecule has 2 nitrogen and oxygen atoms in total. The van der Waals surface area contributed by atoms with Gasteiger partial charge in [-0.3, -0.25) is 0 Å². The quantitative estimate of drug-likeness (QED) is 0.344. The third-order valence-electron chi connectivity index (χ3n) is 8.33. The van der Waals surface area contributed by atoms with Gasteiger partial charge in [0.05, 0.1) is 5.41 Å². The summed E-state index contributed by atoms with van der Waals surface area (Å²) in [6, 6.07) is 12.3. The summed E-state index contributed by atoms with van der Waals surface area (Å²) in [5.74, 6) is 0. The van der Waals surface area contributed by atoms with E-state index in [1.54, 1.807) is 0 Å². The lowest BCUT2D eigenvalue weighted by atomic mass is 9.81. The summed E-state index contributed by atoms with van der Waals surface area (Å²) in [4.78, 5) is 2.27. The molecule has 0 atom stereocenters. The van der Waals surface area contributed by atoms with Crippen LogP contribution in [0, 0.1) is 0 Å². The van der Waals surface area contributed by atoms with Crippen molar-refractivity contribution in [2.75, 3.05) is 19.0 Å². The minimum atomic E-state index is -0.132. The van der Waals surface area contributed by atoms with E-state index in [9.17, 15) is 0 Å². The first-order chi connectivity index (χ1) is 17.4. The number of benzene rings is 2. The first kappa shape index (κ1) is 26.4. The Morgan fingerprint density at radius 3 is 2.24 bits per heavy atom. The Kier molecular flexibility index (Phi) is 6.76. The molecule has 192 valence electrons. The van der Waals surface area contributed by atoms with Gasteiger partial charge in [-0.15, -0.1) is 0 Å². The Labute approximate surface area is 236 Å². The van der Waals surface area contributed by atoms with Crippen LogP contribution in [0.3, 0.4) is 0 Å². The number of halogens is 3. The van der Waals surface area contributed by atoms with Crippen LogP contribution in [-0.4, -0.2) is 24.4 Å². The fourth-order valence-electron chi connectivity index (χ4n) is 6.18. The van der Waals surface area contributed by atoms with Crippen LogP contribution in [0.1, 0.15) is 58.1 Å². The number of hydrogen-bond donors (Lipinski definition) is 0. The fraction of sp³-hybridized carbons (Fsp3) is 0.344. The first-order valence-electron chi connectivity index (χ1n) is 12.9. The molecule has 37 heavy (non-hydrogen) atoms. The number of allylic oxidation sites excluding steroid dienone is 8. The molecule has 0 N–H and O–H groups in total. The van der Waals surface area contributed by atoms with Gasteiger partial charge in [0.2, 0.25) is 5.69 Å². The Morgan fingerprint density at radius 2 is 1.51 bits per heavy atom. The summed E-state index contributed by atoms with van der Waals surface area (Å²) in [5, 5.41) is 2.42. The molecular formula is C32H34Cl3N2+. The van der Waals surface area contributed by atoms with Gasteiger partial charge in [-0.05, 0) is 86.2 Å². The van der Waals surface area contributed by atoms with Crippen LogP contribution < -0.4 is 4.90 Å². The maximum atomic E-state index is 7.01. The molecule has 0 bridgehead atoms. The first-order valence-corrected chi connectivity index (χ1v) is 14.0. The second-order valence-electron chi connectivity index (χ2n) is 11.3. The van der Waals surface area contributed by atoms with Crippen LogP contribution in [0.4, 0.5) is 11.4 Å². The summed E-state index contributed by atoms with van der Waals surface area (Å²) in [6.07, 6.45) is 12.0.